The third kappa shape index (κ3) is 2.66. The standard InChI is InChI=1S/C11H15N5O3S/c17-20(18,15-5-7-19-8-6-15)12-9-11-14-13-10-3-1-2-4-16(10)11/h1-4,12H,5-9H2. The van der Waals surface area contributed by atoms with Crippen LogP contribution in [0.4, 0.5) is 0 Å². The van der Waals surface area contributed by atoms with Crippen molar-refractivity contribution < 1.29 is 13.2 Å². The molecular formula is C11H15N5O3S. The van der Waals surface area contributed by atoms with Gasteiger partial charge < -0.3 is 4.74 Å². The molecule has 1 fully saturated rings. The Morgan fingerprint density at radius 1 is 1.25 bits per heavy atom. The molecule has 0 amide bonds. The third-order valence-electron chi connectivity index (χ3n) is 3.11. The third-order valence-corrected chi connectivity index (χ3v) is 4.66. The van der Waals surface area contributed by atoms with Gasteiger partial charge in [0.2, 0.25) is 0 Å². The molecule has 9 heteroatoms. The Balaban J connectivity index is 1.72. The average Bonchev–Trinajstić information content (AvgIpc) is 2.89. The number of nitrogens with zero attached hydrogens (tertiary/aromatic N) is 4. The van der Waals surface area contributed by atoms with Crippen molar-refractivity contribution in [3.8, 4) is 0 Å². The van der Waals surface area contributed by atoms with Gasteiger partial charge in [0, 0.05) is 19.3 Å². The van der Waals surface area contributed by atoms with E-state index in [-0.39, 0.29) is 6.54 Å². The molecule has 0 spiro atoms. The first kappa shape index (κ1) is 13.4. The van der Waals surface area contributed by atoms with E-state index in [4.69, 9.17) is 4.74 Å². The van der Waals surface area contributed by atoms with Crippen molar-refractivity contribution in [3.05, 3.63) is 30.2 Å². The van der Waals surface area contributed by atoms with Crippen molar-refractivity contribution in [2.75, 3.05) is 26.3 Å². The summed E-state index contributed by atoms with van der Waals surface area (Å²) in [5.41, 5.74) is 0.688. The normalized spacial score (nSPS) is 17.6. The Hall–Kier alpha value is -1.55. The Labute approximate surface area is 116 Å². The lowest BCUT2D eigenvalue weighted by Gasteiger charge is -2.25. The fraction of sp³-hybridized carbons (Fsp3) is 0.455. The van der Waals surface area contributed by atoms with Gasteiger partial charge in [-0.05, 0) is 12.1 Å². The summed E-state index contributed by atoms with van der Waals surface area (Å²) in [6.45, 7) is 1.69. The van der Waals surface area contributed by atoms with Crippen molar-refractivity contribution >= 4 is 15.9 Å². The lowest BCUT2D eigenvalue weighted by molar-refractivity contribution is 0.0724. The number of aromatic nitrogens is 3. The van der Waals surface area contributed by atoms with Crippen molar-refractivity contribution in [1.82, 2.24) is 23.6 Å². The molecule has 0 radical (unpaired) electrons. The Morgan fingerprint density at radius 2 is 2.05 bits per heavy atom. The van der Waals surface area contributed by atoms with Gasteiger partial charge in [0.25, 0.3) is 10.2 Å². The van der Waals surface area contributed by atoms with Crippen molar-refractivity contribution in [2.24, 2.45) is 0 Å². The largest absolute Gasteiger partial charge is 0.379 e. The molecule has 0 aliphatic carbocycles. The number of pyridine rings is 1. The minimum absolute atomic E-state index is 0.102. The van der Waals surface area contributed by atoms with E-state index in [9.17, 15) is 8.42 Å². The number of nitrogens with one attached hydrogen (secondary N) is 1. The molecule has 1 N–H and O–H groups in total. The number of hydrogen-bond acceptors (Lipinski definition) is 5. The van der Waals surface area contributed by atoms with Crippen LogP contribution in [0.15, 0.2) is 24.4 Å². The maximum atomic E-state index is 12.1. The summed E-state index contributed by atoms with van der Waals surface area (Å²) in [6, 6.07) is 5.51. The van der Waals surface area contributed by atoms with E-state index in [2.05, 4.69) is 14.9 Å². The van der Waals surface area contributed by atoms with Gasteiger partial charge in [0.1, 0.15) is 0 Å². The van der Waals surface area contributed by atoms with Gasteiger partial charge in [0.05, 0.1) is 19.8 Å². The van der Waals surface area contributed by atoms with Crippen LogP contribution in [0.2, 0.25) is 0 Å². The molecule has 20 heavy (non-hydrogen) atoms. The van der Waals surface area contributed by atoms with Crippen LogP contribution in [0.25, 0.3) is 5.65 Å². The van der Waals surface area contributed by atoms with Crippen LogP contribution in [-0.2, 0) is 21.5 Å². The Kier molecular flexibility index (Phi) is 3.66. The van der Waals surface area contributed by atoms with E-state index in [1.807, 2.05) is 18.2 Å². The zero-order valence-electron chi connectivity index (χ0n) is 10.8. The summed E-state index contributed by atoms with van der Waals surface area (Å²) in [6.07, 6.45) is 1.80. The number of ether oxygens (including phenoxy) is 1. The second-order valence-electron chi connectivity index (χ2n) is 4.38. The molecule has 0 saturated carbocycles. The SMILES string of the molecule is O=S(=O)(NCc1nnc2ccccn12)N1CCOCC1. The van der Waals surface area contributed by atoms with Gasteiger partial charge in [-0.1, -0.05) is 6.07 Å². The Morgan fingerprint density at radius 3 is 2.85 bits per heavy atom. The average molecular weight is 297 g/mol. The first-order valence-electron chi connectivity index (χ1n) is 6.28. The summed E-state index contributed by atoms with van der Waals surface area (Å²) in [5.74, 6) is 0.553. The predicted octanol–water partition coefficient (Wildman–Crippen LogP) is -0.604. The molecule has 1 aliphatic heterocycles. The highest BCUT2D eigenvalue weighted by atomic mass is 32.2. The molecule has 1 aliphatic rings. The summed E-state index contributed by atoms with van der Waals surface area (Å²) < 4.78 is 35.0. The molecule has 1 saturated heterocycles. The fourth-order valence-electron chi connectivity index (χ4n) is 2.05. The zero-order chi connectivity index (χ0) is 14.0. The van der Waals surface area contributed by atoms with Crippen molar-refractivity contribution in [1.29, 1.82) is 0 Å². The fourth-order valence-corrected chi connectivity index (χ4v) is 3.17. The molecule has 0 atom stereocenters. The molecule has 3 rings (SSSR count). The predicted molar refractivity (Wildman–Crippen MR) is 71.1 cm³/mol. The summed E-state index contributed by atoms with van der Waals surface area (Å²) in [5, 5.41) is 7.96. The maximum absolute atomic E-state index is 12.1. The number of morpholine rings is 1. The van der Waals surface area contributed by atoms with E-state index in [0.29, 0.717) is 37.8 Å². The quantitative estimate of drug-likeness (QED) is 0.814. The first-order chi connectivity index (χ1) is 9.67. The molecule has 0 unspecified atom stereocenters. The highest BCUT2D eigenvalue weighted by Crippen LogP contribution is 2.06. The summed E-state index contributed by atoms with van der Waals surface area (Å²) in [7, 11) is -3.51. The lowest BCUT2D eigenvalue weighted by atomic mass is 10.5. The van der Waals surface area contributed by atoms with Gasteiger partial charge in [-0.3, -0.25) is 4.40 Å². The molecule has 0 aromatic carbocycles. The molecule has 108 valence electrons. The maximum Gasteiger partial charge on any atom is 0.280 e. The van der Waals surface area contributed by atoms with Gasteiger partial charge in [0.15, 0.2) is 11.5 Å². The molecule has 0 bridgehead atoms. The van der Waals surface area contributed by atoms with E-state index in [0.717, 1.165) is 0 Å². The van der Waals surface area contributed by atoms with Gasteiger partial charge in [-0.2, -0.15) is 17.4 Å². The minimum Gasteiger partial charge on any atom is -0.379 e. The van der Waals surface area contributed by atoms with Crippen LogP contribution in [-0.4, -0.2) is 53.6 Å². The number of fused-ring (bicyclic) bond motifs is 1. The minimum atomic E-state index is -3.51. The monoisotopic (exact) mass is 297 g/mol. The van der Waals surface area contributed by atoms with Crippen molar-refractivity contribution in [3.63, 3.8) is 0 Å². The molecule has 2 aromatic heterocycles. The lowest BCUT2D eigenvalue weighted by Crippen LogP contribution is -2.46. The van der Waals surface area contributed by atoms with E-state index in [1.54, 1.807) is 10.6 Å². The van der Waals surface area contributed by atoms with E-state index in [1.165, 1.54) is 4.31 Å². The molecular weight excluding hydrogens is 282 g/mol. The summed E-state index contributed by atoms with van der Waals surface area (Å²) in [4.78, 5) is 0. The first-order valence-corrected chi connectivity index (χ1v) is 7.72. The van der Waals surface area contributed by atoms with Crippen molar-refractivity contribution in [2.45, 2.75) is 6.54 Å². The van der Waals surface area contributed by atoms with Gasteiger partial charge in [-0.25, -0.2) is 0 Å². The molecule has 8 nitrogen and oxygen atoms in total. The molecule has 3 heterocycles. The van der Waals surface area contributed by atoms with Crippen LogP contribution in [0.1, 0.15) is 5.82 Å². The van der Waals surface area contributed by atoms with E-state index >= 15 is 0 Å². The Bertz CT molecular complexity index is 693. The van der Waals surface area contributed by atoms with Crippen LogP contribution in [0, 0.1) is 0 Å². The number of hydrogen-bond donors (Lipinski definition) is 1. The number of rotatable bonds is 4. The highest BCUT2D eigenvalue weighted by molar-refractivity contribution is 7.87. The van der Waals surface area contributed by atoms with Crippen LogP contribution in [0.5, 0.6) is 0 Å². The smallest absolute Gasteiger partial charge is 0.280 e. The second-order valence-corrected chi connectivity index (χ2v) is 6.14. The highest BCUT2D eigenvalue weighted by Gasteiger charge is 2.24. The van der Waals surface area contributed by atoms with Crippen LogP contribution >= 0.6 is 0 Å². The second kappa shape index (κ2) is 5.44. The topological polar surface area (TPSA) is 88.8 Å². The zero-order valence-corrected chi connectivity index (χ0v) is 11.6. The van der Waals surface area contributed by atoms with E-state index < -0.39 is 10.2 Å². The van der Waals surface area contributed by atoms with Gasteiger partial charge in [-0.15, -0.1) is 10.2 Å². The van der Waals surface area contributed by atoms with Gasteiger partial charge >= 0.3 is 0 Å². The van der Waals surface area contributed by atoms with Crippen LogP contribution < -0.4 is 4.72 Å². The molecule has 2 aromatic rings. The summed E-state index contributed by atoms with van der Waals surface area (Å²) >= 11 is 0. The van der Waals surface area contributed by atoms with Crippen LogP contribution in [0.3, 0.4) is 0 Å².